The first kappa shape index (κ1) is 14.5. The van der Waals surface area contributed by atoms with E-state index in [0.717, 1.165) is 12.8 Å². The Balaban J connectivity index is 1.84. The second kappa shape index (κ2) is 6.13. The summed E-state index contributed by atoms with van der Waals surface area (Å²) < 4.78 is 36.1. The Kier molecular flexibility index (Phi) is 4.04. The van der Waals surface area contributed by atoms with Crippen molar-refractivity contribution in [3.63, 3.8) is 0 Å². The maximum atomic E-state index is 12.4. The Labute approximate surface area is 125 Å². The van der Waals surface area contributed by atoms with Crippen LogP contribution in [0.3, 0.4) is 0 Å². The Morgan fingerprint density at radius 3 is 2.82 bits per heavy atom. The normalized spacial score (nSPS) is 14.1. The van der Waals surface area contributed by atoms with Crippen LogP contribution in [0.15, 0.2) is 36.9 Å². The van der Waals surface area contributed by atoms with E-state index in [1.54, 1.807) is 0 Å². The SMILES string of the molecule is O=C(c1ccc(OC(F)F)c(OCC2CC2)c1)n1ccnc1. The van der Waals surface area contributed by atoms with Crippen LogP contribution in [0, 0.1) is 5.92 Å². The van der Waals surface area contributed by atoms with Crippen molar-refractivity contribution in [2.75, 3.05) is 6.61 Å². The van der Waals surface area contributed by atoms with Crippen LogP contribution < -0.4 is 9.47 Å². The fourth-order valence-corrected chi connectivity index (χ4v) is 1.97. The van der Waals surface area contributed by atoms with Gasteiger partial charge in [0.05, 0.1) is 6.61 Å². The molecule has 1 heterocycles. The molecule has 0 N–H and O–H groups in total. The van der Waals surface area contributed by atoms with Crippen LogP contribution in [0.2, 0.25) is 0 Å². The highest BCUT2D eigenvalue weighted by atomic mass is 19.3. The molecule has 0 radical (unpaired) electrons. The minimum atomic E-state index is -2.95. The number of hydrogen-bond donors (Lipinski definition) is 0. The number of alkyl halides is 2. The molecule has 7 heteroatoms. The van der Waals surface area contributed by atoms with E-state index in [9.17, 15) is 13.6 Å². The molecule has 0 aliphatic heterocycles. The molecule has 22 heavy (non-hydrogen) atoms. The number of rotatable bonds is 6. The lowest BCUT2D eigenvalue weighted by molar-refractivity contribution is -0.0515. The average molecular weight is 308 g/mol. The second-order valence-electron chi connectivity index (χ2n) is 5.07. The first-order chi connectivity index (χ1) is 10.6. The van der Waals surface area contributed by atoms with E-state index in [0.29, 0.717) is 18.1 Å². The minimum absolute atomic E-state index is 0.0715. The van der Waals surface area contributed by atoms with Crippen molar-refractivity contribution in [1.82, 2.24) is 9.55 Å². The fourth-order valence-electron chi connectivity index (χ4n) is 1.97. The highest BCUT2D eigenvalue weighted by Crippen LogP contribution is 2.34. The maximum absolute atomic E-state index is 12.4. The van der Waals surface area contributed by atoms with Crippen LogP contribution in [0.1, 0.15) is 23.2 Å². The molecule has 2 aromatic rings. The first-order valence-electron chi connectivity index (χ1n) is 6.88. The van der Waals surface area contributed by atoms with Gasteiger partial charge in [-0.15, -0.1) is 0 Å². The number of aromatic nitrogens is 2. The van der Waals surface area contributed by atoms with Gasteiger partial charge in [0.1, 0.15) is 6.33 Å². The Hall–Kier alpha value is -2.44. The van der Waals surface area contributed by atoms with Gasteiger partial charge in [0.15, 0.2) is 11.5 Å². The summed E-state index contributed by atoms with van der Waals surface area (Å²) in [6.45, 7) is -2.51. The van der Waals surface area contributed by atoms with Gasteiger partial charge >= 0.3 is 6.61 Å². The predicted molar refractivity (Wildman–Crippen MR) is 73.2 cm³/mol. The molecule has 0 atom stereocenters. The zero-order chi connectivity index (χ0) is 15.5. The van der Waals surface area contributed by atoms with Gasteiger partial charge in [0, 0.05) is 18.0 Å². The summed E-state index contributed by atoms with van der Waals surface area (Å²) in [5.74, 6) is 0.209. The molecule has 1 aromatic heterocycles. The van der Waals surface area contributed by atoms with Gasteiger partial charge in [-0.05, 0) is 37.0 Å². The minimum Gasteiger partial charge on any atom is -0.489 e. The molecule has 0 amide bonds. The summed E-state index contributed by atoms with van der Waals surface area (Å²) in [5, 5.41) is 0. The standard InChI is InChI=1S/C15H14F2N2O3/c16-15(17)22-12-4-3-11(14(20)19-6-5-18-9-19)7-13(12)21-8-10-1-2-10/h3-7,9-10,15H,1-2,8H2. The molecule has 0 bridgehead atoms. The van der Waals surface area contributed by atoms with E-state index < -0.39 is 6.61 Å². The summed E-state index contributed by atoms with van der Waals surface area (Å²) in [6, 6.07) is 4.16. The monoisotopic (exact) mass is 308 g/mol. The summed E-state index contributed by atoms with van der Waals surface area (Å²) in [7, 11) is 0. The Morgan fingerprint density at radius 1 is 1.36 bits per heavy atom. The number of halogens is 2. The van der Waals surface area contributed by atoms with Crippen molar-refractivity contribution < 1.29 is 23.0 Å². The molecule has 116 valence electrons. The van der Waals surface area contributed by atoms with Crippen molar-refractivity contribution in [2.24, 2.45) is 5.92 Å². The number of benzene rings is 1. The van der Waals surface area contributed by atoms with Crippen molar-refractivity contribution in [3.8, 4) is 11.5 Å². The van der Waals surface area contributed by atoms with Gasteiger partial charge in [-0.2, -0.15) is 8.78 Å². The highest BCUT2D eigenvalue weighted by molar-refractivity contribution is 5.96. The van der Waals surface area contributed by atoms with E-state index in [1.165, 1.54) is 41.5 Å². The first-order valence-corrected chi connectivity index (χ1v) is 6.88. The van der Waals surface area contributed by atoms with Crippen LogP contribution in [-0.4, -0.2) is 28.7 Å². The van der Waals surface area contributed by atoms with Crippen molar-refractivity contribution in [3.05, 3.63) is 42.5 Å². The van der Waals surface area contributed by atoms with Crippen LogP contribution in [0.5, 0.6) is 11.5 Å². The summed E-state index contributed by atoms with van der Waals surface area (Å²) in [5.41, 5.74) is 0.311. The van der Waals surface area contributed by atoms with Gasteiger partial charge in [-0.3, -0.25) is 9.36 Å². The summed E-state index contributed by atoms with van der Waals surface area (Å²) >= 11 is 0. The van der Waals surface area contributed by atoms with Gasteiger partial charge in [0.25, 0.3) is 5.91 Å². The quantitative estimate of drug-likeness (QED) is 0.823. The maximum Gasteiger partial charge on any atom is 0.387 e. The largest absolute Gasteiger partial charge is 0.489 e. The van der Waals surface area contributed by atoms with E-state index in [-0.39, 0.29) is 17.4 Å². The van der Waals surface area contributed by atoms with Crippen molar-refractivity contribution >= 4 is 5.91 Å². The molecule has 1 aromatic carbocycles. The molecular formula is C15H14F2N2O3. The molecule has 1 aliphatic carbocycles. The van der Waals surface area contributed by atoms with E-state index >= 15 is 0 Å². The van der Waals surface area contributed by atoms with Gasteiger partial charge < -0.3 is 9.47 Å². The van der Waals surface area contributed by atoms with Gasteiger partial charge in [-0.1, -0.05) is 0 Å². The van der Waals surface area contributed by atoms with Crippen molar-refractivity contribution in [1.29, 1.82) is 0 Å². The molecular weight excluding hydrogens is 294 g/mol. The molecule has 1 saturated carbocycles. The number of carbonyl (C=O) groups is 1. The number of imidazole rings is 1. The third-order valence-electron chi connectivity index (χ3n) is 3.32. The Bertz CT molecular complexity index is 655. The molecule has 0 unspecified atom stereocenters. The van der Waals surface area contributed by atoms with Crippen LogP contribution >= 0.6 is 0 Å². The third kappa shape index (κ3) is 3.41. The summed E-state index contributed by atoms with van der Waals surface area (Å²) in [6.07, 6.45) is 6.50. The number of carbonyl (C=O) groups excluding carboxylic acids is 1. The smallest absolute Gasteiger partial charge is 0.387 e. The van der Waals surface area contributed by atoms with E-state index in [4.69, 9.17) is 4.74 Å². The van der Waals surface area contributed by atoms with Gasteiger partial charge in [0.2, 0.25) is 0 Å². The van der Waals surface area contributed by atoms with E-state index in [1.807, 2.05) is 0 Å². The van der Waals surface area contributed by atoms with E-state index in [2.05, 4.69) is 9.72 Å². The molecule has 3 rings (SSSR count). The highest BCUT2D eigenvalue weighted by Gasteiger charge is 2.23. The lowest BCUT2D eigenvalue weighted by Crippen LogP contribution is -2.11. The van der Waals surface area contributed by atoms with Crippen LogP contribution in [-0.2, 0) is 0 Å². The zero-order valence-electron chi connectivity index (χ0n) is 11.6. The Morgan fingerprint density at radius 2 is 2.18 bits per heavy atom. The topological polar surface area (TPSA) is 53.4 Å². The number of hydrogen-bond acceptors (Lipinski definition) is 4. The third-order valence-corrected chi connectivity index (χ3v) is 3.32. The second-order valence-corrected chi connectivity index (χ2v) is 5.07. The average Bonchev–Trinajstić information content (AvgIpc) is 3.16. The van der Waals surface area contributed by atoms with Crippen LogP contribution in [0.4, 0.5) is 8.78 Å². The zero-order valence-corrected chi connectivity index (χ0v) is 11.6. The fraction of sp³-hybridized carbons (Fsp3) is 0.333. The number of nitrogens with zero attached hydrogens (tertiary/aromatic N) is 2. The van der Waals surface area contributed by atoms with Crippen molar-refractivity contribution in [2.45, 2.75) is 19.5 Å². The molecule has 5 nitrogen and oxygen atoms in total. The van der Waals surface area contributed by atoms with Crippen LogP contribution in [0.25, 0.3) is 0 Å². The van der Waals surface area contributed by atoms with Gasteiger partial charge in [-0.25, -0.2) is 4.98 Å². The number of ether oxygens (including phenoxy) is 2. The predicted octanol–water partition coefficient (Wildman–Crippen LogP) is 2.96. The lowest BCUT2D eigenvalue weighted by Gasteiger charge is -2.13. The summed E-state index contributed by atoms with van der Waals surface area (Å²) in [4.78, 5) is 16.0. The molecule has 1 fully saturated rings. The molecule has 0 spiro atoms. The lowest BCUT2D eigenvalue weighted by atomic mass is 10.2. The molecule has 1 aliphatic rings. The molecule has 0 saturated heterocycles.